The van der Waals surface area contributed by atoms with Crippen molar-refractivity contribution in [3.8, 4) is 0 Å². The van der Waals surface area contributed by atoms with Gasteiger partial charge in [0.05, 0.1) is 12.2 Å². The first-order valence-electron chi connectivity index (χ1n) is 9.34. The molecule has 25 heavy (non-hydrogen) atoms. The lowest BCUT2D eigenvalue weighted by molar-refractivity contribution is 0.236. The van der Waals surface area contributed by atoms with Crippen molar-refractivity contribution in [3.05, 3.63) is 16.1 Å². The molecule has 0 radical (unpaired) electrons. The molecule has 1 aliphatic heterocycles. The van der Waals surface area contributed by atoms with E-state index < -0.39 is 0 Å². The quantitative estimate of drug-likeness (QED) is 0.338. The third-order valence-electron chi connectivity index (χ3n) is 4.51. The molecular weight excluding hydrogens is 445 g/mol. The summed E-state index contributed by atoms with van der Waals surface area (Å²) in [5.41, 5.74) is 1.17. The second kappa shape index (κ2) is 12.1. The molecule has 5 nitrogen and oxygen atoms in total. The predicted molar refractivity (Wildman–Crippen MR) is 119 cm³/mol. The highest BCUT2D eigenvalue weighted by Gasteiger charge is 2.20. The highest BCUT2D eigenvalue weighted by Crippen LogP contribution is 2.18. The summed E-state index contributed by atoms with van der Waals surface area (Å²) in [4.78, 5) is 12.0. The summed E-state index contributed by atoms with van der Waals surface area (Å²) in [6.07, 6.45) is 3.86. The lowest BCUT2D eigenvalue weighted by Gasteiger charge is -2.27. The zero-order chi connectivity index (χ0) is 17.4. The molecule has 2 heterocycles. The van der Waals surface area contributed by atoms with Gasteiger partial charge < -0.3 is 10.6 Å². The van der Waals surface area contributed by atoms with Gasteiger partial charge in [0.15, 0.2) is 5.96 Å². The van der Waals surface area contributed by atoms with Crippen LogP contribution < -0.4 is 10.6 Å². The first kappa shape index (κ1) is 22.6. The van der Waals surface area contributed by atoms with E-state index >= 15 is 0 Å². The minimum atomic E-state index is 0. The van der Waals surface area contributed by atoms with Gasteiger partial charge in [0, 0.05) is 24.5 Å². The molecule has 0 bridgehead atoms. The van der Waals surface area contributed by atoms with E-state index in [1.807, 2.05) is 0 Å². The van der Waals surface area contributed by atoms with Gasteiger partial charge in [-0.25, -0.2) is 9.98 Å². The summed E-state index contributed by atoms with van der Waals surface area (Å²) in [5, 5.41) is 10.1. The third-order valence-corrected chi connectivity index (χ3v) is 5.36. The van der Waals surface area contributed by atoms with Crippen LogP contribution in [0.3, 0.4) is 0 Å². The largest absolute Gasteiger partial charge is 0.357 e. The lowest BCUT2D eigenvalue weighted by atomic mass is 10.2. The van der Waals surface area contributed by atoms with E-state index in [1.54, 1.807) is 11.3 Å². The summed E-state index contributed by atoms with van der Waals surface area (Å²) in [6.45, 7) is 13.7. The fraction of sp³-hybridized carbons (Fsp3) is 0.778. The van der Waals surface area contributed by atoms with Crippen LogP contribution in [-0.2, 0) is 6.54 Å². The summed E-state index contributed by atoms with van der Waals surface area (Å²) in [7, 11) is 0. The van der Waals surface area contributed by atoms with Crippen LogP contribution in [0.5, 0.6) is 0 Å². The van der Waals surface area contributed by atoms with Crippen LogP contribution in [0.1, 0.15) is 63.6 Å². The minimum absolute atomic E-state index is 0. The number of guanidine groups is 1. The molecular formula is C18H34IN5S. The van der Waals surface area contributed by atoms with E-state index in [0.717, 1.165) is 24.1 Å². The smallest absolute Gasteiger partial charge is 0.191 e. The van der Waals surface area contributed by atoms with E-state index in [0.29, 0.717) is 18.5 Å². The number of aliphatic imine (C=N–C) groups is 1. The van der Waals surface area contributed by atoms with E-state index in [-0.39, 0.29) is 24.0 Å². The van der Waals surface area contributed by atoms with Crippen LogP contribution in [0, 0.1) is 0 Å². The number of rotatable bonds is 8. The predicted octanol–water partition coefficient (Wildman–Crippen LogP) is 3.81. The average molecular weight is 479 g/mol. The number of hydrogen-bond acceptors (Lipinski definition) is 4. The summed E-state index contributed by atoms with van der Waals surface area (Å²) in [5.74, 6) is 1.38. The second-order valence-corrected chi connectivity index (χ2v) is 7.64. The van der Waals surface area contributed by atoms with Crippen LogP contribution in [0.25, 0.3) is 0 Å². The second-order valence-electron chi connectivity index (χ2n) is 6.70. The number of aromatic nitrogens is 1. The molecule has 0 saturated carbocycles. The maximum atomic E-state index is 4.71. The molecule has 1 aromatic rings. The highest BCUT2D eigenvalue weighted by molar-refractivity contribution is 14.0. The average Bonchev–Trinajstić information content (AvgIpc) is 3.25. The van der Waals surface area contributed by atoms with E-state index in [2.05, 4.69) is 53.6 Å². The minimum Gasteiger partial charge on any atom is -0.357 e. The maximum Gasteiger partial charge on any atom is 0.191 e. The zero-order valence-corrected chi connectivity index (χ0v) is 19.2. The Bertz CT molecular complexity index is 511. The number of halogens is 1. The van der Waals surface area contributed by atoms with Crippen molar-refractivity contribution in [2.24, 2.45) is 4.99 Å². The van der Waals surface area contributed by atoms with E-state index in [4.69, 9.17) is 4.99 Å². The van der Waals surface area contributed by atoms with Gasteiger partial charge in [0.25, 0.3) is 0 Å². The summed E-state index contributed by atoms with van der Waals surface area (Å²) in [6, 6.07) is 0.601. The molecule has 1 saturated heterocycles. The van der Waals surface area contributed by atoms with Crippen LogP contribution >= 0.6 is 35.3 Å². The molecule has 1 aromatic heterocycles. The standard InChI is InChI=1S/C18H33N5S.HI/c1-5-15(23-9-7-8-10-23)11-20-18(19-6-2)21-12-17-22-16(13-24-17)14(3)4;/h13-15H,5-12H2,1-4H3,(H2,19,20,21);1H. The molecule has 1 atom stereocenters. The number of thiazole rings is 1. The molecule has 2 rings (SSSR count). The van der Waals surface area contributed by atoms with Crippen LogP contribution in [-0.4, -0.2) is 48.1 Å². The van der Waals surface area contributed by atoms with Crippen LogP contribution in [0.2, 0.25) is 0 Å². The topological polar surface area (TPSA) is 52.6 Å². The Morgan fingerprint density at radius 1 is 1.28 bits per heavy atom. The van der Waals surface area contributed by atoms with Gasteiger partial charge in [-0.1, -0.05) is 20.8 Å². The van der Waals surface area contributed by atoms with Crippen molar-refractivity contribution in [1.82, 2.24) is 20.5 Å². The highest BCUT2D eigenvalue weighted by atomic mass is 127. The zero-order valence-electron chi connectivity index (χ0n) is 16.0. The van der Waals surface area contributed by atoms with Gasteiger partial charge in [-0.2, -0.15) is 0 Å². The van der Waals surface area contributed by atoms with Crippen molar-refractivity contribution >= 4 is 41.3 Å². The third kappa shape index (κ3) is 7.38. The van der Waals surface area contributed by atoms with E-state index in [9.17, 15) is 0 Å². The first-order valence-corrected chi connectivity index (χ1v) is 10.2. The van der Waals surface area contributed by atoms with Gasteiger partial charge >= 0.3 is 0 Å². The maximum absolute atomic E-state index is 4.71. The molecule has 0 aliphatic carbocycles. The number of hydrogen-bond donors (Lipinski definition) is 2. The summed E-state index contributed by atoms with van der Waals surface area (Å²) < 4.78 is 0. The molecule has 1 unspecified atom stereocenters. The Labute approximate surface area is 174 Å². The number of nitrogens with zero attached hydrogens (tertiary/aromatic N) is 3. The molecule has 2 N–H and O–H groups in total. The van der Waals surface area contributed by atoms with Gasteiger partial charge in [-0.15, -0.1) is 35.3 Å². The normalized spacial score (nSPS) is 16.8. The Balaban J connectivity index is 0.00000312. The van der Waals surface area contributed by atoms with Crippen molar-refractivity contribution in [2.45, 2.75) is 65.5 Å². The number of likely N-dealkylation sites (tertiary alicyclic amines) is 1. The van der Waals surface area contributed by atoms with Gasteiger partial charge in [-0.3, -0.25) is 4.90 Å². The molecule has 1 aliphatic rings. The Hall–Kier alpha value is -0.410. The van der Waals surface area contributed by atoms with Crippen LogP contribution in [0.4, 0.5) is 0 Å². The van der Waals surface area contributed by atoms with Crippen molar-refractivity contribution in [2.75, 3.05) is 26.2 Å². The fourth-order valence-electron chi connectivity index (χ4n) is 3.00. The SMILES string of the molecule is CCNC(=NCc1nc(C(C)C)cs1)NCC(CC)N1CCCC1.I. The summed E-state index contributed by atoms with van der Waals surface area (Å²) >= 11 is 1.71. The van der Waals surface area contributed by atoms with Crippen LogP contribution in [0.15, 0.2) is 10.4 Å². The lowest BCUT2D eigenvalue weighted by Crippen LogP contribution is -2.46. The van der Waals surface area contributed by atoms with Crippen molar-refractivity contribution < 1.29 is 0 Å². The van der Waals surface area contributed by atoms with Gasteiger partial charge in [0.1, 0.15) is 5.01 Å². The monoisotopic (exact) mass is 479 g/mol. The van der Waals surface area contributed by atoms with Gasteiger partial charge in [0.2, 0.25) is 0 Å². The molecule has 1 fully saturated rings. The Morgan fingerprint density at radius 3 is 2.56 bits per heavy atom. The molecule has 0 amide bonds. The molecule has 0 aromatic carbocycles. The van der Waals surface area contributed by atoms with E-state index in [1.165, 1.54) is 38.0 Å². The van der Waals surface area contributed by atoms with Crippen molar-refractivity contribution in [3.63, 3.8) is 0 Å². The van der Waals surface area contributed by atoms with Gasteiger partial charge in [-0.05, 0) is 45.2 Å². The molecule has 7 heteroatoms. The molecule has 0 spiro atoms. The molecule has 144 valence electrons. The Morgan fingerprint density at radius 2 is 2.00 bits per heavy atom. The Kier molecular flexibility index (Phi) is 10.9. The number of nitrogens with one attached hydrogen (secondary N) is 2. The fourth-order valence-corrected chi connectivity index (χ4v) is 3.88. The first-order chi connectivity index (χ1) is 11.6. The van der Waals surface area contributed by atoms with Crippen molar-refractivity contribution in [1.29, 1.82) is 0 Å².